The van der Waals surface area contributed by atoms with Crippen molar-refractivity contribution in [2.45, 2.75) is 6.04 Å². The van der Waals surface area contributed by atoms with E-state index < -0.39 is 0 Å². The smallest absolute Gasteiger partial charge is 0.0614 e. The van der Waals surface area contributed by atoms with E-state index >= 15 is 0 Å². The zero-order chi connectivity index (χ0) is 14.9. The standard InChI is InChI=1S/C19H19ClN2/c20-16-8-7-15-6-5-14-3-1-2-4-17(14)19(18(15)13-16)22-11-9-21-10-12-22/h1-8,13,19,21H,9-12H2. The van der Waals surface area contributed by atoms with Crippen molar-refractivity contribution in [1.29, 1.82) is 0 Å². The zero-order valence-corrected chi connectivity index (χ0v) is 13.2. The summed E-state index contributed by atoms with van der Waals surface area (Å²) in [6.07, 6.45) is 4.44. The molecule has 1 saturated heterocycles. The molecule has 3 heteroatoms. The minimum atomic E-state index is 0.280. The lowest BCUT2D eigenvalue weighted by molar-refractivity contribution is 0.198. The lowest BCUT2D eigenvalue weighted by atomic mass is 9.92. The lowest BCUT2D eigenvalue weighted by Crippen LogP contribution is -2.45. The molecule has 1 unspecified atom stereocenters. The molecule has 1 atom stereocenters. The highest BCUT2D eigenvalue weighted by molar-refractivity contribution is 6.30. The van der Waals surface area contributed by atoms with Crippen LogP contribution in [-0.4, -0.2) is 31.1 Å². The molecule has 0 aromatic heterocycles. The molecule has 0 saturated carbocycles. The van der Waals surface area contributed by atoms with Crippen LogP contribution in [0.2, 0.25) is 5.02 Å². The normalized spacial score (nSPS) is 21.0. The first-order valence-corrected chi connectivity index (χ1v) is 8.22. The van der Waals surface area contributed by atoms with E-state index in [2.05, 4.69) is 58.8 Å². The number of hydrogen-bond donors (Lipinski definition) is 1. The molecular weight excluding hydrogens is 292 g/mol. The van der Waals surface area contributed by atoms with Crippen LogP contribution in [0, 0.1) is 0 Å². The molecule has 2 aromatic carbocycles. The van der Waals surface area contributed by atoms with Crippen molar-refractivity contribution in [3.8, 4) is 0 Å². The molecule has 1 aliphatic heterocycles. The molecule has 1 aliphatic carbocycles. The molecule has 1 heterocycles. The largest absolute Gasteiger partial charge is 0.314 e. The number of halogens is 1. The molecular formula is C19H19ClN2. The first-order valence-electron chi connectivity index (χ1n) is 7.84. The van der Waals surface area contributed by atoms with Crippen LogP contribution in [0.15, 0.2) is 42.5 Å². The molecule has 22 heavy (non-hydrogen) atoms. The summed E-state index contributed by atoms with van der Waals surface area (Å²) in [5.41, 5.74) is 5.26. The van der Waals surface area contributed by atoms with Gasteiger partial charge in [0, 0.05) is 31.2 Å². The van der Waals surface area contributed by atoms with E-state index in [1.54, 1.807) is 0 Å². The number of hydrogen-bond acceptors (Lipinski definition) is 2. The number of rotatable bonds is 1. The molecule has 4 rings (SSSR count). The minimum Gasteiger partial charge on any atom is -0.314 e. The second kappa shape index (κ2) is 5.88. The van der Waals surface area contributed by atoms with Gasteiger partial charge in [-0.05, 0) is 34.4 Å². The lowest BCUT2D eigenvalue weighted by Gasteiger charge is -2.36. The Kier molecular flexibility index (Phi) is 3.75. The molecule has 0 amide bonds. The van der Waals surface area contributed by atoms with Crippen molar-refractivity contribution < 1.29 is 0 Å². The van der Waals surface area contributed by atoms with Gasteiger partial charge in [-0.3, -0.25) is 4.90 Å². The summed E-state index contributed by atoms with van der Waals surface area (Å²) in [7, 11) is 0. The van der Waals surface area contributed by atoms with Gasteiger partial charge in [-0.25, -0.2) is 0 Å². The Morgan fingerprint density at radius 2 is 1.64 bits per heavy atom. The monoisotopic (exact) mass is 310 g/mol. The molecule has 1 N–H and O–H groups in total. The van der Waals surface area contributed by atoms with Gasteiger partial charge in [-0.15, -0.1) is 0 Å². The fourth-order valence-electron chi connectivity index (χ4n) is 3.53. The van der Waals surface area contributed by atoms with E-state index in [-0.39, 0.29) is 6.04 Å². The van der Waals surface area contributed by atoms with Crippen LogP contribution in [0.3, 0.4) is 0 Å². The number of nitrogens with zero attached hydrogens (tertiary/aromatic N) is 1. The Balaban J connectivity index is 1.90. The van der Waals surface area contributed by atoms with Crippen molar-refractivity contribution in [2.75, 3.05) is 26.2 Å². The third kappa shape index (κ3) is 2.48. The number of nitrogens with one attached hydrogen (secondary N) is 1. The van der Waals surface area contributed by atoms with E-state index in [0.29, 0.717) is 0 Å². The molecule has 2 aromatic rings. The van der Waals surface area contributed by atoms with Gasteiger partial charge in [0.05, 0.1) is 6.04 Å². The summed E-state index contributed by atoms with van der Waals surface area (Å²) < 4.78 is 0. The zero-order valence-electron chi connectivity index (χ0n) is 12.4. The third-order valence-corrected chi connectivity index (χ3v) is 4.83. The van der Waals surface area contributed by atoms with Gasteiger partial charge in [0.15, 0.2) is 0 Å². The third-order valence-electron chi connectivity index (χ3n) is 4.59. The van der Waals surface area contributed by atoms with Crippen LogP contribution in [0.25, 0.3) is 12.2 Å². The summed E-state index contributed by atoms with van der Waals surface area (Å²) in [5.74, 6) is 0. The molecule has 1 fully saturated rings. The predicted octanol–water partition coefficient (Wildman–Crippen LogP) is 3.82. The average Bonchev–Trinajstić information content (AvgIpc) is 2.72. The van der Waals surface area contributed by atoms with E-state index in [0.717, 1.165) is 31.2 Å². The average molecular weight is 311 g/mol. The van der Waals surface area contributed by atoms with Crippen LogP contribution in [0.1, 0.15) is 28.3 Å². The number of benzene rings is 2. The Morgan fingerprint density at radius 3 is 2.45 bits per heavy atom. The van der Waals surface area contributed by atoms with Gasteiger partial charge in [0.25, 0.3) is 0 Å². The van der Waals surface area contributed by atoms with Gasteiger partial charge in [0.1, 0.15) is 0 Å². The Labute approximate surface area is 136 Å². The van der Waals surface area contributed by atoms with Crippen LogP contribution in [-0.2, 0) is 0 Å². The second-order valence-corrected chi connectivity index (χ2v) is 6.36. The van der Waals surface area contributed by atoms with Gasteiger partial charge in [-0.1, -0.05) is 54.1 Å². The minimum absolute atomic E-state index is 0.280. The van der Waals surface area contributed by atoms with Crippen LogP contribution < -0.4 is 5.32 Å². The van der Waals surface area contributed by atoms with Crippen LogP contribution in [0.5, 0.6) is 0 Å². The summed E-state index contributed by atoms with van der Waals surface area (Å²) in [5, 5.41) is 4.26. The molecule has 0 bridgehead atoms. The quantitative estimate of drug-likeness (QED) is 0.861. The maximum atomic E-state index is 6.31. The first-order chi connectivity index (χ1) is 10.8. The van der Waals surface area contributed by atoms with E-state index in [9.17, 15) is 0 Å². The van der Waals surface area contributed by atoms with Gasteiger partial charge >= 0.3 is 0 Å². The summed E-state index contributed by atoms with van der Waals surface area (Å²) >= 11 is 6.31. The fraction of sp³-hybridized carbons (Fsp3) is 0.263. The van der Waals surface area contributed by atoms with Gasteiger partial charge < -0.3 is 5.32 Å². The Morgan fingerprint density at radius 1 is 0.909 bits per heavy atom. The SMILES string of the molecule is Clc1ccc2c(c1)C(N1CCNCC1)c1ccccc1C=C2. The first kappa shape index (κ1) is 14.0. The van der Waals surface area contributed by atoms with Crippen molar-refractivity contribution in [3.05, 3.63) is 69.7 Å². The van der Waals surface area contributed by atoms with Gasteiger partial charge in [0.2, 0.25) is 0 Å². The fourth-order valence-corrected chi connectivity index (χ4v) is 3.71. The summed E-state index contributed by atoms with van der Waals surface area (Å²) in [6, 6.07) is 15.2. The van der Waals surface area contributed by atoms with Crippen molar-refractivity contribution >= 4 is 23.8 Å². The molecule has 2 nitrogen and oxygen atoms in total. The Hall–Kier alpha value is -1.61. The maximum Gasteiger partial charge on any atom is 0.0614 e. The number of fused-ring (bicyclic) bond motifs is 2. The maximum absolute atomic E-state index is 6.31. The molecule has 2 aliphatic rings. The summed E-state index contributed by atoms with van der Waals surface area (Å²) in [6.45, 7) is 4.21. The van der Waals surface area contributed by atoms with Crippen molar-refractivity contribution in [3.63, 3.8) is 0 Å². The highest BCUT2D eigenvalue weighted by Gasteiger charge is 2.28. The van der Waals surface area contributed by atoms with Crippen LogP contribution >= 0.6 is 11.6 Å². The van der Waals surface area contributed by atoms with E-state index in [1.165, 1.54) is 22.3 Å². The predicted molar refractivity (Wildman–Crippen MR) is 93.1 cm³/mol. The molecule has 112 valence electrons. The van der Waals surface area contributed by atoms with Gasteiger partial charge in [-0.2, -0.15) is 0 Å². The topological polar surface area (TPSA) is 15.3 Å². The Bertz CT molecular complexity index is 717. The van der Waals surface area contributed by atoms with Crippen molar-refractivity contribution in [1.82, 2.24) is 10.2 Å². The highest BCUT2D eigenvalue weighted by atomic mass is 35.5. The summed E-state index contributed by atoms with van der Waals surface area (Å²) in [4.78, 5) is 2.57. The van der Waals surface area contributed by atoms with E-state index in [1.807, 2.05) is 6.07 Å². The second-order valence-electron chi connectivity index (χ2n) is 5.92. The van der Waals surface area contributed by atoms with Crippen molar-refractivity contribution in [2.24, 2.45) is 0 Å². The van der Waals surface area contributed by atoms with Crippen LogP contribution in [0.4, 0.5) is 0 Å². The highest BCUT2D eigenvalue weighted by Crippen LogP contribution is 2.38. The molecule has 0 radical (unpaired) electrons. The molecule has 0 spiro atoms. The van der Waals surface area contributed by atoms with E-state index in [4.69, 9.17) is 11.6 Å². The number of piperazine rings is 1.